The Bertz CT molecular complexity index is 929. The maximum Gasteiger partial charge on any atom is 0.256 e. The Morgan fingerprint density at radius 3 is 3.10 bits per heavy atom. The zero-order valence-corrected chi connectivity index (χ0v) is 12.0. The number of benzene rings is 1. The molecule has 0 fully saturated rings. The fraction of sp³-hybridized carbons (Fsp3) is 0.143. The summed E-state index contributed by atoms with van der Waals surface area (Å²) < 4.78 is 7.66. The lowest BCUT2D eigenvalue weighted by Gasteiger charge is -2.03. The van der Waals surface area contributed by atoms with Gasteiger partial charge in [-0.3, -0.25) is 0 Å². The molecule has 3 heterocycles. The molecule has 4 aromatic rings. The molecule has 0 saturated heterocycles. The van der Waals surface area contributed by atoms with Crippen LogP contribution in [0.4, 0.5) is 0 Å². The lowest BCUT2D eigenvalue weighted by Crippen LogP contribution is -1.99. The number of rotatable bonds is 3. The molecule has 0 aliphatic carbocycles. The molecular weight excluding hydrogens is 286 g/mol. The average Bonchev–Trinajstić information content (AvgIpc) is 3.11. The standard InChI is InChI=1S/C14H11N5OS/c1-21-14-18-10-3-2-9(4-12(10)20-14)6-19-8-17-11-5-15-7-16-13(11)19/h2-5,7-8H,6H2,1H3. The Labute approximate surface area is 124 Å². The van der Waals surface area contributed by atoms with Crippen molar-refractivity contribution >= 4 is 34.0 Å². The first kappa shape index (κ1) is 12.3. The smallest absolute Gasteiger partial charge is 0.256 e. The van der Waals surface area contributed by atoms with Crippen LogP contribution >= 0.6 is 11.8 Å². The van der Waals surface area contributed by atoms with E-state index >= 15 is 0 Å². The van der Waals surface area contributed by atoms with Gasteiger partial charge in [-0.1, -0.05) is 17.8 Å². The third-order valence-corrected chi connectivity index (χ3v) is 3.77. The molecule has 0 amide bonds. The highest BCUT2D eigenvalue weighted by Crippen LogP contribution is 2.23. The molecule has 0 spiro atoms. The van der Waals surface area contributed by atoms with E-state index < -0.39 is 0 Å². The van der Waals surface area contributed by atoms with Crippen LogP contribution in [0, 0.1) is 0 Å². The fourth-order valence-corrected chi connectivity index (χ4v) is 2.62. The van der Waals surface area contributed by atoms with Crippen LogP contribution in [0.1, 0.15) is 5.56 Å². The monoisotopic (exact) mass is 297 g/mol. The first-order valence-corrected chi connectivity index (χ1v) is 7.60. The number of aromatic nitrogens is 5. The maximum absolute atomic E-state index is 5.67. The van der Waals surface area contributed by atoms with Crippen LogP contribution in [0.3, 0.4) is 0 Å². The predicted molar refractivity (Wildman–Crippen MR) is 80.2 cm³/mol. The number of fused-ring (bicyclic) bond motifs is 2. The molecule has 0 radical (unpaired) electrons. The van der Waals surface area contributed by atoms with E-state index in [2.05, 4.69) is 19.9 Å². The minimum absolute atomic E-state index is 0.679. The van der Waals surface area contributed by atoms with Gasteiger partial charge in [0, 0.05) is 0 Å². The summed E-state index contributed by atoms with van der Waals surface area (Å²) in [6.07, 6.45) is 6.97. The van der Waals surface area contributed by atoms with E-state index in [1.165, 1.54) is 18.1 Å². The molecule has 0 unspecified atom stereocenters. The minimum Gasteiger partial charge on any atom is -0.431 e. The number of hydrogen-bond acceptors (Lipinski definition) is 6. The molecule has 6 nitrogen and oxygen atoms in total. The van der Waals surface area contributed by atoms with Crippen LogP contribution < -0.4 is 0 Å². The van der Waals surface area contributed by atoms with Crippen LogP contribution in [-0.4, -0.2) is 30.8 Å². The van der Waals surface area contributed by atoms with E-state index in [4.69, 9.17) is 4.42 Å². The molecule has 21 heavy (non-hydrogen) atoms. The molecular formula is C14H11N5OS. The lowest BCUT2D eigenvalue weighted by molar-refractivity contribution is 0.490. The number of oxazole rings is 1. The molecule has 0 atom stereocenters. The SMILES string of the molecule is CSc1nc2ccc(Cn3cnc4cncnc43)cc2o1. The molecule has 0 aliphatic heterocycles. The van der Waals surface area contributed by atoms with Gasteiger partial charge in [-0.05, 0) is 24.0 Å². The fourth-order valence-electron chi connectivity index (χ4n) is 2.26. The largest absolute Gasteiger partial charge is 0.431 e. The zero-order valence-electron chi connectivity index (χ0n) is 11.2. The summed E-state index contributed by atoms with van der Waals surface area (Å²) in [5, 5.41) is 0.683. The summed E-state index contributed by atoms with van der Waals surface area (Å²) in [6, 6.07) is 6.03. The van der Waals surface area contributed by atoms with Crippen molar-refractivity contribution in [3.05, 3.63) is 42.6 Å². The molecule has 1 aromatic carbocycles. The summed E-state index contributed by atoms with van der Waals surface area (Å²) in [7, 11) is 0. The van der Waals surface area contributed by atoms with Crippen LogP contribution in [-0.2, 0) is 6.54 Å². The molecule has 0 N–H and O–H groups in total. The second-order valence-corrected chi connectivity index (χ2v) is 5.35. The molecule has 0 saturated carbocycles. The molecule has 104 valence electrons. The quantitative estimate of drug-likeness (QED) is 0.542. The molecule has 0 bridgehead atoms. The van der Waals surface area contributed by atoms with Gasteiger partial charge >= 0.3 is 0 Å². The predicted octanol–water partition coefficient (Wildman–Crippen LogP) is 2.74. The summed E-state index contributed by atoms with van der Waals surface area (Å²) in [6.45, 7) is 0.679. The summed E-state index contributed by atoms with van der Waals surface area (Å²) >= 11 is 1.50. The molecule has 4 rings (SSSR count). The first-order valence-electron chi connectivity index (χ1n) is 6.38. The lowest BCUT2D eigenvalue weighted by atomic mass is 10.2. The van der Waals surface area contributed by atoms with E-state index in [-0.39, 0.29) is 0 Å². The Morgan fingerprint density at radius 1 is 1.24 bits per heavy atom. The van der Waals surface area contributed by atoms with E-state index in [9.17, 15) is 0 Å². The van der Waals surface area contributed by atoms with Crippen molar-refractivity contribution in [2.45, 2.75) is 11.8 Å². The Balaban J connectivity index is 1.73. The van der Waals surface area contributed by atoms with E-state index in [0.29, 0.717) is 11.8 Å². The Hall–Kier alpha value is -2.41. The van der Waals surface area contributed by atoms with Crippen molar-refractivity contribution in [1.82, 2.24) is 24.5 Å². The number of imidazole rings is 1. The van der Waals surface area contributed by atoms with Crippen LogP contribution in [0.2, 0.25) is 0 Å². The van der Waals surface area contributed by atoms with Crippen molar-refractivity contribution in [2.24, 2.45) is 0 Å². The normalized spacial score (nSPS) is 11.5. The van der Waals surface area contributed by atoms with Gasteiger partial charge in [0.15, 0.2) is 11.2 Å². The third kappa shape index (κ3) is 2.15. The number of nitrogens with zero attached hydrogens (tertiary/aromatic N) is 5. The van der Waals surface area contributed by atoms with Gasteiger partial charge in [0.25, 0.3) is 5.22 Å². The number of thioether (sulfide) groups is 1. The molecule has 0 aliphatic rings. The van der Waals surface area contributed by atoms with Crippen LogP contribution in [0.15, 0.2) is 46.7 Å². The second kappa shape index (κ2) is 4.85. The van der Waals surface area contributed by atoms with Gasteiger partial charge in [0.05, 0.1) is 19.1 Å². The van der Waals surface area contributed by atoms with Crippen molar-refractivity contribution < 1.29 is 4.42 Å². The van der Waals surface area contributed by atoms with E-state index in [0.717, 1.165) is 27.8 Å². The average molecular weight is 297 g/mol. The molecule has 3 aromatic heterocycles. The van der Waals surface area contributed by atoms with Gasteiger partial charge in [-0.25, -0.2) is 19.9 Å². The van der Waals surface area contributed by atoms with Gasteiger partial charge in [-0.15, -0.1) is 0 Å². The van der Waals surface area contributed by atoms with Crippen LogP contribution in [0.25, 0.3) is 22.3 Å². The summed E-state index contributed by atoms with van der Waals surface area (Å²) in [5.74, 6) is 0. The highest BCUT2D eigenvalue weighted by atomic mass is 32.2. The summed E-state index contributed by atoms with van der Waals surface area (Å²) in [5.41, 5.74) is 4.41. The van der Waals surface area contributed by atoms with Crippen LogP contribution in [0.5, 0.6) is 0 Å². The third-order valence-electron chi connectivity index (χ3n) is 3.24. The van der Waals surface area contributed by atoms with Gasteiger partial charge in [-0.2, -0.15) is 0 Å². The van der Waals surface area contributed by atoms with E-state index in [1.807, 2.05) is 29.0 Å². The summed E-state index contributed by atoms with van der Waals surface area (Å²) in [4.78, 5) is 16.9. The highest BCUT2D eigenvalue weighted by Gasteiger charge is 2.08. The minimum atomic E-state index is 0.679. The number of hydrogen-bond donors (Lipinski definition) is 0. The van der Waals surface area contributed by atoms with Gasteiger partial charge in [0.1, 0.15) is 17.4 Å². The van der Waals surface area contributed by atoms with E-state index in [1.54, 1.807) is 12.5 Å². The van der Waals surface area contributed by atoms with Crippen molar-refractivity contribution in [3.63, 3.8) is 0 Å². The Morgan fingerprint density at radius 2 is 2.19 bits per heavy atom. The first-order chi connectivity index (χ1) is 10.3. The van der Waals surface area contributed by atoms with Crippen molar-refractivity contribution in [2.75, 3.05) is 6.26 Å². The maximum atomic E-state index is 5.67. The molecule has 7 heteroatoms. The van der Waals surface area contributed by atoms with Crippen molar-refractivity contribution in [3.8, 4) is 0 Å². The highest BCUT2D eigenvalue weighted by molar-refractivity contribution is 7.98. The topological polar surface area (TPSA) is 69.6 Å². The van der Waals surface area contributed by atoms with Gasteiger partial charge < -0.3 is 8.98 Å². The Kier molecular flexibility index (Phi) is 2.85. The zero-order chi connectivity index (χ0) is 14.2. The van der Waals surface area contributed by atoms with Crippen molar-refractivity contribution in [1.29, 1.82) is 0 Å². The second-order valence-electron chi connectivity index (χ2n) is 4.59. The van der Waals surface area contributed by atoms with Gasteiger partial charge in [0.2, 0.25) is 0 Å².